The number of amides is 2. The van der Waals surface area contributed by atoms with Gasteiger partial charge < -0.3 is 10.2 Å². The Morgan fingerprint density at radius 2 is 2.32 bits per heavy atom. The van der Waals surface area contributed by atoms with E-state index in [9.17, 15) is 9.59 Å². The van der Waals surface area contributed by atoms with Crippen molar-refractivity contribution in [1.29, 1.82) is 0 Å². The first-order valence-corrected chi connectivity index (χ1v) is 8.74. The van der Waals surface area contributed by atoms with Crippen LogP contribution in [0.4, 0.5) is 0 Å². The van der Waals surface area contributed by atoms with Gasteiger partial charge in [-0.3, -0.25) is 14.5 Å². The summed E-state index contributed by atoms with van der Waals surface area (Å²) in [6.07, 6.45) is 0.253. The lowest BCUT2D eigenvalue weighted by Gasteiger charge is -2.36. The van der Waals surface area contributed by atoms with E-state index >= 15 is 0 Å². The first-order chi connectivity index (χ1) is 10.5. The molecule has 0 aliphatic carbocycles. The number of piperazine rings is 1. The van der Waals surface area contributed by atoms with Crippen LogP contribution < -0.4 is 5.32 Å². The Kier molecular flexibility index (Phi) is 5.97. The Morgan fingerprint density at radius 1 is 1.55 bits per heavy atom. The number of thiophene rings is 1. The third kappa shape index (κ3) is 4.08. The highest BCUT2D eigenvalue weighted by Gasteiger charge is 2.33. The number of hydrogen-bond acceptors (Lipinski definition) is 4. The van der Waals surface area contributed by atoms with Gasteiger partial charge >= 0.3 is 0 Å². The maximum atomic E-state index is 12.5. The third-order valence-corrected chi connectivity index (χ3v) is 4.89. The average molecular weight is 323 g/mol. The lowest BCUT2D eigenvalue weighted by atomic mass is 10.1. The number of nitrogens with one attached hydrogen (secondary N) is 1. The first-order valence-electron chi connectivity index (χ1n) is 7.86. The molecule has 22 heavy (non-hydrogen) atoms. The van der Waals surface area contributed by atoms with Crippen LogP contribution >= 0.6 is 11.3 Å². The molecule has 1 fully saturated rings. The minimum absolute atomic E-state index is 0.0315. The van der Waals surface area contributed by atoms with E-state index in [1.54, 1.807) is 11.3 Å². The second-order valence-electron chi connectivity index (χ2n) is 5.83. The molecule has 2 amide bonds. The van der Waals surface area contributed by atoms with E-state index in [0.29, 0.717) is 13.1 Å². The molecule has 1 N–H and O–H groups in total. The molecule has 0 radical (unpaired) electrons. The molecule has 0 saturated carbocycles. The molecule has 0 aromatic carbocycles. The zero-order chi connectivity index (χ0) is 16.1. The molecule has 5 nitrogen and oxygen atoms in total. The summed E-state index contributed by atoms with van der Waals surface area (Å²) in [4.78, 5) is 29.9. The van der Waals surface area contributed by atoms with Gasteiger partial charge in [0.15, 0.2) is 0 Å². The van der Waals surface area contributed by atoms with Crippen molar-refractivity contribution in [3.63, 3.8) is 0 Å². The molecule has 1 atom stereocenters. The van der Waals surface area contributed by atoms with Crippen LogP contribution in [0, 0.1) is 0 Å². The maximum Gasteiger partial charge on any atom is 0.237 e. The topological polar surface area (TPSA) is 52.7 Å². The predicted octanol–water partition coefficient (Wildman–Crippen LogP) is 1.70. The van der Waals surface area contributed by atoms with Gasteiger partial charge in [-0.25, -0.2) is 0 Å². The highest BCUT2D eigenvalue weighted by atomic mass is 32.1. The summed E-state index contributed by atoms with van der Waals surface area (Å²) in [5.74, 6) is 0.0201. The molecule has 6 heteroatoms. The SMILES string of the molecule is CCN(C(=O)C[C@@H]1C(=O)NCCN1Cc1cccs1)C(C)C. The summed E-state index contributed by atoms with van der Waals surface area (Å²) in [6, 6.07) is 3.88. The number of hydrogen-bond donors (Lipinski definition) is 1. The van der Waals surface area contributed by atoms with Crippen LogP contribution in [0.3, 0.4) is 0 Å². The van der Waals surface area contributed by atoms with Gasteiger partial charge in [0.05, 0.1) is 12.5 Å². The standard InChI is InChI=1S/C16H25N3O2S/c1-4-19(12(2)3)15(20)10-14-16(21)17-7-8-18(14)11-13-6-5-9-22-13/h5-6,9,12,14H,4,7-8,10-11H2,1-3H3,(H,17,21)/t14-/m1/s1. The molecule has 1 aliphatic rings. The van der Waals surface area contributed by atoms with Gasteiger partial charge in [0, 0.05) is 37.1 Å². The molecule has 0 bridgehead atoms. The Labute approximate surface area is 136 Å². The van der Waals surface area contributed by atoms with Crippen molar-refractivity contribution in [2.45, 2.75) is 45.8 Å². The van der Waals surface area contributed by atoms with Crippen molar-refractivity contribution in [3.8, 4) is 0 Å². The number of carbonyl (C=O) groups excluding carboxylic acids is 2. The average Bonchev–Trinajstić information content (AvgIpc) is 2.96. The van der Waals surface area contributed by atoms with E-state index in [4.69, 9.17) is 0 Å². The van der Waals surface area contributed by atoms with E-state index < -0.39 is 0 Å². The monoisotopic (exact) mass is 323 g/mol. The molecular weight excluding hydrogens is 298 g/mol. The van der Waals surface area contributed by atoms with Gasteiger partial charge in [0.2, 0.25) is 11.8 Å². The van der Waals surface area contributed by atoms with Crippen LogP contribution in [0.2, 0.25) is 0 Å². The summed E-state index contributed by atoms with van der Waals surface area (Å²) in [6.45, 7) is 8.83. The van der Waals surface area contributed by atoms with Gasteiger partial charge in [-0.05, 0) is 32.2 Å². The zero-order valence-corrected chi connectivity index (χ0v) is 14.4. The second kappa shape index (κ2) is 7.74. The summed E-state index contributed by atoms with van der Waals surface area (Å²) in [5, 5.41) is 4.92. The molecule has 0 spiro atoms. The summed E-state index contributed by atoms with van der Waals surface area (Å²) >= 11 is 1.69. The number of nitrogens with zero attached hydrogens (tertiary/aromatic N) is 2. The maximum absolute atomic E-state index is 12.5. The van der Waals surface area contributed by atoms with Crippen molar-refractivity contribution in [2.24, 2.45) is 0 Å². The fraction of sp³-hybridized carbons (Fsp3) is 0.625. The van der Waals surface area contributed by atoms with Crippen molar-refractivity contribution in [3.05, 3.63) is 22.4 Å². The summed E-state index contributed by atoms with van der Waals surface area (Å²) in [5.41, 5.74) is 0. The Morgan fingerprint density at radius 3 is 2.91 bits per heavy atom. The Hall–Kier alpha value is -1.40. The first kappa shape index (κ1) is 17.0. The van der Waals surface area contributed by atoms with Crippen LogP contribution in [-0.2, 0) is 16.1 Å². The molecule has 2 heterocycles. The minimum Gasteiger partial charge on any atom is -0.353 e. The minimum atomic E-state index is -0.365. The molecule has 1 aliphatic heterocycles. The van der Waals surface area contributed by atoms with E-state index in [1.807, 2.05) is 37.1 Å². The lowest BCUT2D eigenvalue weighted by Crippen LogP contribution is -2.56. The molecule has 1 saturated heterocycles. The van der Waals surface area contributed by atoms with Crippen molar-refractivity contribution in [1.82, 2.24) is 15.1 Å². The van der Waals surface area contributed by atoms with E-state index in [-0.39, 0.29) is 30.3 Å². The van der Waals surface area contributed by atoms with Gasteiger partial charge in [-0.15, -0.1) is 11.3 Å². The highest BCUT2D eigenvalue weighted by Crippen LogP contribution is 2.18. The molecular formula is C16H25N3O2S. The van der Waals surface area contributed by atoms with Crippen LogP contribution in [-0.4, -0.2) is 53.3 Å². The van der Waals surface area contributed by atoms with Crippen molar-refractivity contribution >= 4 is 23.2 Å². The quantitative estimate of drug-likeness (QED) is 0.867. The van der Waals surface area contributed by atoms with Crippen LogP contribution in [0.5, 0.6) is 0 Å². The summed E-state index contributed by atoms with van der Waals surface area (Å²) in [7, 11) is 0. The Balaban J connectivity index is 2.06. The summed E-state index contributed by atoms with van der Waals surface area (Å²) < 4.78 is 0. The normalized spacial score (nSPS) is 19.3. The second-order valence-corrected chi connectivity index (χ2v) is 6.87. The fourth-order valence-corrected chi connectivity index (χ4v) is 3.62. The number of carbonyl (C=O) groups is 2. The van der Waals surface area contributed by atoms with E-state index in [0.717, 1.165) is 13.1 Å². The predicted molar refractivity (Wildman–Crippen MR) is 88.7 cm³/mol. The largest absolute Gasteiger partial charge is 0.353 e. The van der Waals surface area contributed by atoms with Gasteiger partial charge in [-0.2, -0.15) is 0 Å². The van der Waals surface area contributed by atoms with Gasteiger partial charge in [-0.1, -0.05) is 6.07 Å². The number of rotatable bonds is 6. The van der Waals surface area contributed by atoms with E-state index in [1.165, 1.54) is 4.88 Å². The highest BCUT2D eigenvalue weighted by molar-refractivity contribution is 7.09. The van der Waals surface area contributed by atoms with Crippen LogP contribution in [0.15, 0.2) is 17.5 Å². The molecule has 2 rings (SSSR count). The fourth-order valence-electron chi connectivity index (χ4n) is 2.89. The lowest BCUT2D eigenvalue weighted by molar-refractivity contribution is -0.140. The van der Waals surface area contributed by atoms with Gasteiger partial charge in [0.25, 0.3) is 0 Å². The van der Waals surface area contributed by atoms with Crippen molar-refractivity contribution < 1.29 is 9.59 Å². The smallest absolute Gasteiger partial charge is 0.237 e. The molecule has 1 aromatic heterocycles. The van der Waals surface area contributed by atoms with E-state index in [2.05, 4.69) is 16.3 Å². The van der Waals surface area contributed by atoms with Crippen molar-refractivity contribution in [2.75, 3.05) is 19.6 Å². The zero-order valence-electron chi connectivity index (χ0n) is 13.5. The Bertz CT molecular complexity index is 501. The van der Waals surface area contributed by atoms with Crippen LogP contribution in [0.1, 0.15) is 32.1 Å². The molecule has 0 unspecified atom stereocenters. The van der Waals surface area contributed by atoms with Crippen LogP contribution in [0.25, 0.3) is 0 Å². The third-order valence-electron chi connectivity index (χ3n) is 4.03. The van der Waals surface area contributed by atoms with Gasteiger partial charge in [0.1, 0.15) is 0 Å². The molecule has 122 valence electrons. The molecule has 1 aromatic rings.